The number of carbonyl (C=O) groups is 2. The van der Waals surface area contributed by atoms with Crippen LogP contribution in [0.4, 0.5) is 5.00 Å². The van der Waals surface area contributed by atoms with E-state index in [4.69, 9.17) is 0 Å². The molecular formula is C20H23N3O2S. The minimum Gasteiger partial charge on any atom is -0.348 e. The quantitative estimate of drug-likeness (QED) is 0.685. The molecule has 6 heteroatoms. The van der Waals surface area contributed by atoms with Gasteiger partial charge in [-0.05, 0) is 48.5 Å². The monoisotopic (exact) mass is 369 g/mol. The summed E-state index contributed by atoms with van der Waals surface area (Å²) in [4.78, 5) is 24.9. The van der Waals surface area contributed by atoms with Gasteiger partial charge in [-0.2, -0.15) is 0 Å². The van der Waals surface area contributed by atoms with Gasteiger partial charge in [0.05, 0.1) is 5.56 Å². The van der Waals surface area contributed by atoms with Crippen molar-refractivity contribution in [3.05, 3.63) is 64.1 Å². The molecule has 0 aliphatic carbocycles. The van der Waals surface area contributed by atoms with Crippen molar-refractivity contribution in [3.63, 3.8) is 0 Å². The molecule has 0 fully saturated rings. The zero-order valence-electron chi connectivity index (χ0n) is 14.8. The second-order valence-corrected chi connectivity index (χ2v) is 7.08. The number of hydrogen-bond acceptors (Lipinski definition) is 4. The molecule has 2 amide bonds. The Morgan fingerprint density at radius 2 is 1.96 bits per heavy atom. The number of amides is 2. The van der Waals surface area contributed by atoms with Gasteiger partial charge in [-0.15, -0.1) is 11.3 Å². The first-order valence-corrected chi connectivity index (χ1v) is 9.70. The molecular weight excluding hydrogens is 346 g/mol. The first kappa shape index (κ1) is 18.4. The molecule has 2 heterocycles. The second kappa shape index (κ2) is 8.78. The summed E-state index contributed by atoms with van der Waals surface area (Å²) in [6.07, 6.45) is 3.99. The Morgan fingerprint density at radius 3 is 2.65 bits per heavy atom. The van der Waals surface area contributed by atoms with E-state index in [1.165, 1.54) is 22.5 Å². The molecule has 5 nitrogen and oxygen atoms in total. The van der Waals surface area contributed by atoms with Gasteiger partial charge in [0.1, 0.15) is 5.00 Å². The maximum atomic E-state index is 12.5. The summed E-state index contributed by atoms with van der Waals surface area (Å²) in [5.41, 5.74) is 3.50. The van der Waals surface area contributed by atoms with Gasteiger partial charge in [0.2, 0.25) is 0 Å². The molecule has 0 bridgehead atoms. The van der Waals surface area contributed by atoms with Crippen LogP contribution < -0.4 is 16.0 Å². The first-order chi connectivity index (χ1) is 12.7. The highest BCUT2D eigenvalue weighted by molar-refractivity contribution is 7.14. The average molecular weight is 369 g/mol. The molecule has 2 aromatic rings. The Balaban J connectivity index is 1.62. The number of benzene rings is 1. The molecule has 0 unspecified atom stereocenters. The highest BCUT2D eigenvalue weighted by Gasteiger charge is 2.16. The molecule has 0 spiro atoms. The second-order valence-electron chi connectivity index (χ2n) is 6.17. The van der Waals surface area contributed by atoms with Crippen LogP contribution in [0, 0.1) is 0 Å². The normalized spacial score (nSPS) is 13.8. The van der Waals surface area contributed by atoms with Crippen molar-refractivity contribution in [1.82, 2.24) is 10.6 Å². The smallest absolute Gasteiger partial charge is 0.256 e. The zero-order chi connectivity index (χ0) is 18.4. The Morgan fingerprint density at radius 1 is 1.15 bits per heavy atom. The van der Waals surface area contributed by atoms with E-state index in [1.807, 2.05) is 29.6 Å². The number of carbonyl (C=O) groups excluding carboxylic acids is 2. The van der Waals surface area contributed by atoms with E-state index in [0.29, 0.717) is 22.7 Å². The van der Waals surface area contributed by atoms with E-state index >= 15 is 0 Å². The molecule has 136 valence electrons. The third-order valence-electron chi connectivity index (χ3n) is 4.40. The van der Waals surface area contributed by atoms with Crippen LogP contribution in [0.5, 0.6) is 0 Å². The van der Waals surface area contributed by atoms with E-state index in [2.05, 4.69) is 29.0 Å². The van der Waals surface area contributed by atoms with Gasteiger partial charge < -0.3 is 16.0 Å². The summed E-state index contributed by atoms with van der Waals surface area (Å²) in [5.74, 6) is -0.368. The number of aryl methyl sites for hydroxylation is 1. The molecule has 0 saturated heterocycles. The standard InChI is InChI=1S/C20H23N3O2S/c1-2-14-3-5-16(6-4-14)18(24)23-20-17(9-12-26-20)19(25)22-13-15-7-10-21-11-8-15/h3-7,9,12,21H,2,8,10-11,13H2,1H3,(H,22,25)(H,23,24). The molecule has 1 aromatic carbocycles. The lowest BCUT2D eigenvalue weighted by Crippen LogP contribution is -2.30. The van der Waals surface area contributed by atoms with E-state index < -0.39 is 0 Å². The zero-order valence-corrected chi connectivity index (χ0v) is 15.6. The maximum absolute atomic E-state index is 12.5. The summed E-state index contributed by atoms with van der Waals surface area (Å²) in [7, 11) is 0. The lowest BCUT2D eigenvalue weighted by atomic mass is 10.1. The predicted molar refractivity (Wildman–Crippen MR) is 106 cm³/mol. The van der Waals surface area contributed by atoms with E-state index in [0.717, 1.165) is 25.9 Å². The minimum absolute atomic E-state index is 0.165. The van der Waals surface area contributed by atoms with Crippen LogP contribution in [0.1, 0.15) is 39.6 Å². The fourth-order valence-electron chi connectivity index (χ4n) is 2.77. The molecule has 0 radical (unpaired) electrons. The minimum atomic E-state index is -0.204. The van der Waals surface area contributed by atoms with E-state index in [9.17, 15) is 9.59 Å². The van der Waals surface area contributed by atoms with Gasteiger partial charge in [0.25, 0.3) is 11.8 Å². The highest BCUT2D eigenvalue weighted by atomic mass is 32.1. The average Bonchev–Trinajstić information content (AvgIpc) is 3.15. The lowest BCUT2D eigenvalue weighted by Gasteiger charge is -2.14. The number of rotatable bonds is 6. The van der Waals surface area contributed by atoms with Gasteiger partial charge >= 0.3 is 0 Å². The number of nitrogens with one attached hydrogen (secondary N) is 3. The van der Waals surface area contributed by atoms with E-state index in [-0.39, 0.29) is 11.8 Å². The fraction of sp³-hybridized carbons (Fsp3) is 0.300. The number of hydrogen-bond donors (Lipinski definition) is 3. The van der Waals surface area contributed by atoms with Crippen molar-refractivity contribution >= 4 is 28.2 Å². The Labute approximate surface area is 157 Å². The van der Waals surface area contributed by atoms with Crippen LogP contribution in [-0.2, 0) is 6.42 Å². The highest BCUT2D eigenvalue weighted by Crippen LogP contribution is 2.24. The lowest BCUT2D eigenvalue weighted by molar-refractivity contribution is 0.0958. The Hall–Kier alpha value is -2.44. The molecule has 3 rings (SSSR count). The van der Waals surface area contributed by atoms with Gasteiger partial charge in [-0.1, -0.05) is 30.7 Å². The van der Waals surface area contributed by atoms with Gasteiger partial charge in [0, 0.05) is 18.7 Å². The molecule has 26 heavy (non-hydrogen) atoms. The van der Waals surface area contributed by atoms with Crippen LogP contribution in [-0.4, -0.2) is 31.4 Å². The van der Waals surface area contributed by atoms with Gasteiger partial charge in [-0.3, -0.25) is 9.59 Å². The Kier molecular flexibility index (Phi) is 6.20. The third-order valence-corrected chi connectivity index (χ3v) is 5.23. The van der Waals surface area contributed by atoms with Crippen LogP contribution in [0.25, 0.3) is 0 Å². The molecule has 0 saturated carbocycles. The number of thiophene rings is 1. The van der Waals surface area contributed by atoms with Crippen LogP contribution >= 0.6 is 11.3 Å². The summed E-state index contributed by atoms with van der Waals surface area (Å²) >= 11 is 1.35. The van der Waals surface area contributed by atoms with Crippen molar-refractivity contribution in [3.8, 4) is 0 Å². The predicted octanol–water partition coefficient (Wildman–Crippen LogP) is 3.21. The van der Waals surface area contributed by atoms with Crippen molar-refractivity contribution in [2.45, 2.75) is 19.8 Å². The Bertz CT molecular complexity index is 809. The summed E-state index contributed by atoms with van der Waals surface area (Å²) in [5, 5.41) is 11.4. The maximum Gasteiger partial charge on any atom is 0.256 e. The van der Waals surface area contributed by atoms with Crippen molar-refractivity contribution in [2.75, 3.05) is 25.0 Å². The largest absolute Gasteiger partial charge is 0.348 e. The topological polar surface area (TPSA) is 70.2 Å². The molecule has 1 aromatic heterocycles. The SMILES string of the molecule is CCc1ccc(C(=O)Nc2sccc2C(=O)NCC2=CCNCC2)cc1. The number of anilines is 1. The first-order valence-electron chi connectivity index (χ1n) is 8.82. The summed E-state index contributed by atoms with van der Waals surface area (Å²) in [6.45, 7) is 4.41. The van der Waals surface area contributed by atoms with Crippen molar-refractivity contribution in [1.29, 1.82) is 0 Å². The molecule has 1 aliphatic heterocycles. The van der Waals surface area contributed by atoms with Crippen LogP contribution in [0.2, 0.25) is 0 Å². The van der Waals surface area contributed by atoms with E-state index in [1.54, 1.807) is 6.07 Å². The summed E-state index contributed by atoms with van der Waals surface area (Å²) < 4.78 is 0. The van der Waals surface area contributed by atoms with Crippen molar-refractivity contribution < 1.29 is 9.59 Å². The molecule has 3 N–H and O–H groups in total. The third kappa shape index (κ3) is 4.59. The van der Waals surface area contributed by atoms with Crippen LogP contribution in [0.15, 0.2) is 47.4 Å². The summed E-state index contributed by atoms with van der Waals surface area (Å²) in [6, 6.07) is 9.26. The fourth-order valence-corrected chi connectivity index (χ4v) is 3.55. The molecule has 0 atom stereocenters. The molecule has 1 aliphatic rings. The van der Waals surface area contributed by atoms with Gasteiger partial charge in [0.15, 0.2) is 0 Å². The van der Waals surface area contributed by atoms with Gasteiger partial charge in [-0.25, -0.2) is 0 Å². The van der Waals surface area contributed by atoms with Crippen molar-refractivity contribution in [2.24, 2.45) is 0 Å². The van der Waals surface area contributed by atoms with Crippen LogP contribution in [0.3, 0.4) is 0 Å².